The molecule has 0 aliphatic rings. The van der Waals surface area contributed by atoms with E-state index < -0.39 is 23.4 Å². The molecule has 9 heteroatoms. The van der Waals surface area contributed by atoms with E-state index in [1.54, 1.807) is 44.4 Å². The van der Waals surface area contributed by atoms with Crippen molar-refractivity contribution in [3.05, 3.63) is 58.1 Å². The SMILES string of the molecule is COc1ccc(OCCC(=O)OCC(=O)Nc2ccc(C)cc2[N+](=O)[O-])cc1. The maximum Gasteiger partial charge on any atom is 0.309 e. The number of hydrogen-bond donors (Lipinski definition) is 1. The third-order valence-corrected chi connectivity index (χ3v) is 3.62. The first-order valence-electron chi connectivity index (χ1n) is 8.36. The molecule has 0 aliphatic heterocycles. The van der Waals surface area contributed by atoms with Gasteiger partial charge in [0.2, 0.25) is 0 Å². The third kappa shape index (κ3) is 6.27. The van der Waals surface area contributed by atoms with Crippen LogP contribution in [0.25, 0.3) is 0 Å². The Kier molecular flexibility index (Phi) is 7.32. The number of anilines is 1. The van der Waals surface area contributed by atoms with Crippen molar-refractivity contribution >= 4 is 23.3 Å². The highest BCUT2D eigenvalue weighted by Crippen LogP contribution is 2.25. The molecule has 0 bridgehead atoms. The van der Waals surface area contributed by atoms with Crippen LogP contribution in [0, 0.1) is 17.0 Å². The molecule has 0 radical (unpaired) electrons. The van der Waals surface area contributed by atoms with Gasteiger partial charge in [-0.3, -0.25) is 19.7 Å². The molecule has 9 nitrogen and oxygen atoms in total. The Hall–Kier alpha value is -3.62. The average Bonchev–Trinajstić information content (AvgIpc) is 2.68. The molecule has 0 saturated carbocycles. The predicted molar refractivity (Wildman–Crippen MR) is 101 cm³/mol. The van der Waals surface area contributed by atoms with Crippen molar-refractivity contribution in [2.75, 3.05) is 25.6 Å². The van der Waals surface area contributed by atoms with Gasteiger partial charge in [-0.1, -0.05) is 6.07 Å². The van der Waals surface area contributed by atoms with Gasteiger partial charge in [-0.15, -0.1) is 0 Å². The molecule has 0 aliphatic carbocycles. The standard InChI is InChI=1S/C19H20N2O7/c1-13-3-8-16(17(11-13)21(24)25)20-18(22)12-28-19(23)9-10-27-15-6-4-14(26-2)5-7-15/h3-8,11H,9-10,12H2,1-2H3,(H,20,22). The van der Waals surface area contributed by atoms with Crippen molar-refractivity contribution in [2.24, 2.45) is 0 Å². The fraction of sp³-hybridized carbons (Fsp3) is 0.263. The van der Waals surface area contributed by atoms with Gasteiger partial charge in [-0.2, -0.15) is 0 Å². The molecule has 0 aromatic heterocycles. The Morgan fingerprint density at radius 2 is 1.79 bits per heavy atom. The molecule has 2 aromatic rings. The summed E-state index contributed by atoms with van der Waals surface area (Å²) in [6.45, 7) is 1.23. The van der Waals surface area contributed by atoms with Crippen molar-refractivity contribution in [1.29, 1.82) is 0 Å². The van der Waals surface area contributed by atoms with E-state index in [1.165, 1.54) is 12.1 Å². The minimum absolute atomic E-state index is 0.0412. The van der Waals surface area contributed by atoms with Gasteiger partial charge in [0.25, 0.3) is 11.6 Å². The number of benzene rings is 2. The smallest absolute Gasteiger partial charge is 0.309 e. The molecule has 2 aromatic carbocycles. The highest BCUT2D eigenvalue weighted by molar-refractivity contribution is 5.94. The molecule has 1 amide bonds. The average molecular weight is 388 g/mol. The summed E-state index contributed by atoms with van der Waals surface area (Å²) in [6.07, 6.45) is -0.0516. The Bertz CT molecular complexity index is 850. The summed E-state index contributed by atoms with van der Waals surface area (Å²) in [5, 5.41) is 13.4. The lowest BCUT2D eigenvalue weighted by molar-refractivity contribution is -0.384. The van der Waals surface area contributed by atoms with Crippen LogP contribution in [0.1, 0.15) is 12.0 Å². The summed E-state index contributed by atoms with van der Waals surface area (Å²) in [7, 11) is 1.55. The van der Waals surface area contributed by atoms with Crippen LogP contribution >= 0.6 is 0 Å². The van der Waals surface area contributed by atoms with Crippen molar-refractivity contribution in [1.82, 2.24) is 0 Å². The number of nitrogens with one attached hydrogen (secondary N) is 1. The topological polar surface area (TPSA) is 117 Å². The van der Waals surface area contributed by atoms with Gasteiger partial charge in [0.05, 0.1) is 25.1 Å². The van der Waals surface area contributed by atoms with Crippen molar-refractivity contribution in [2.45, 2.75) is 13.3 Å². The molecule has 2 rings (SSSR count). The van der Waals surface area contributed by atoms with Crippen LogP contribution in [0.5, 0.6) is 11.5 Å². The summed E-state index contributed by atoms with van der Waals surface area (Å²) < 4.78 is 15.3. The number of nitrogens with zero attached hydrogens (tertiary/aromatic N) is 1. The number of carbonyl (C=O) groups is 2. The van der Waals surface area contributed by atoms with Gasteiger partial charge in [0, 0.05) is 6.07 Å². The number of aryl methyl sites for hydroxylation is 1. The number of methoxy groups -OCH3 is 1. The monoisotopic (exact) mass is 388 g/mol. The first-order valence-corrected chi connectivity index (χ1v) is 8.36. The van der Waals surface area contributed by atoms with E-state index >= 15 is 0 Å². The fourth-order valence-electron chi connectivity index (χ4n) is 2.23. The lowest BCUT2D eigenvalue weighted by atomic mass is 10.2. The zero-order valence-corrected chi connectivity index (χ0v) is 15.5. The lowest BCUT2D eigenvalue weighted by Gasteiger charge is -2.09. The molecule has 0 fully saturated rings. The Morgan fingerprint density at radius 1 is 1.11 bits per heavy atom. The van der Waals surface area contributed by atoms with Crippen LogP contribution in [0.4, 0.5) is 11.4 Å². The zero-order valence-electron chi connectivity index (χ0n) is 15.5. The molecule has 0 saturated heterocycles. The summed E-state index contributed by atoms with van der Waals surface area (Å²) in [4.78, 5) is 34.0. The summed E-state index contributed by atoms with van der Waals surface area (Å²) in [6, 6.07) is 11.3. The number of esters is 1. The predicted octanol–water partition coefficient (Wildman–Crippen LogP) is 2.86. The van der Waals surface area contributed by atoms with Gasteiger partial charge in [0.15, 0.2) is 6.61 Å². The van der Waals surface area contributed by atoms with E-state index in [4.69, 9.17) is 14.2 Å². The molecule has 0 unspecified atom stereocenters. The minimum atomic E-state index is -0.670. The first kappa shape index (κ1) is 20.7. The second-order valence-corrected chi connectivity index (χ2v) is 5.76. The molecule has 0 heterocycles. The Labute approximate surface area is 161 Å². The zero-order chi connectivity index (χ0) is 20.5. The number of ether oxygens (including phenoxy) is 3. The fourth-order valence-corrected chi connectivity index (χ4v) is 2.23. The van der Waals surface area contributed by atoms with E-state index in [2.05, 4.69) is 5.32 Å². The number of nitro groups is 1. The van der Waals surface area contributed by atoms with Crippen LogP contribution in [0.3, 0.4) is 0 Å². The molecule has 0 spiro atoms. The molecule has 28 heavy (non-hydrogen) atoms. The number of carbonyl (C=O) groups excluding carboxylic acids is 2. The number of rotatable bonds is 9. The van der Waals surface area contributed by atoms with Gasteiger partial charge in [0.1, 0.15) is 17.2 Å². The summed E-state index contributed by atoms with van der Waals surface area (Å²) in [5.41, 5.74) is 0.500. The minimum Gasteiger partial charge on any atom is -0.497 e. The van der Waals surface area contributed by atoms with Crippen LogP contribution in [-0.2, 0) is 14.3 Å². The van der Waals surface area contributed by atoms with Gasteiger partial charge in [-0.05, 0) is 42.8 Å². The van der Waals surface area contributed by atoms with Crippen LogP contribution in [0.2, 0.25) is 0 Å². The molecule has 148 valence electrons. The largest absolute Gasteiger partial charge is 0.497 e. The maximum atomic E-state index is 11.9. The Morgan fingerprint density at radius 3 is 2.43 bits per heavy atom. The van der Waals surface area contributed by atoms with Crippen LogP contribution < -0.4 is 14.8 Å². The van der Waals surface area contributed by atoms with E-state index in [0.717, 1.165) is 0 Å². The highest BCUT2D eigenvalue weighted by Gasteiger charge is 2.16. The van der Waals surface area contributed by atoms with Crippen molar-refractivity contribution < 1.29 is 28.7 Å². The summed E-state index contributed by atoms with van der Waals surface area (Å²) >= 11 is 0. The number of nitro benzene ring substituents is 1. The Balaban J connectivity index is 1.75. The highest BCUT2D eigenvalue weighted by atomic mass is 16.6. The van der Waals surface area contributed by atoms with Crippen LogP contribution in [0.15, 0.2) is 42.5 Å². The van der Waals surface area contributed by atoms with E-state index in [-0.39, 0.29) is 24.4 Å². The van der Waals surface area contributed by atoms with Crippen molar-refractivity contribution in [3.63, 3.8) is 0 Å². The molecule has 1 N–H and O–H groups in total. The quantitative estimate of drug-likeness (QED) is 0.399. The second kappa shape index (κ2) is 9.91. The van der Waals surface area contributed by atoms with Crippen LogP contribution in [-0.4, -0.2) is 37.1 Å². The molecule has 0 atom stereocenters. The maximum absolute atomic E-state index is 11.9. The normalized spacial score (nSPS) is 10.1. The number of hydrogen-bond acceptors (Lipinski definition) is 7. The second-order valence-electron chi connectivity index (χ2n) is 5.76. The third-order valence-electron chi connectivity index (χ3n) is 3.62. The first-order chi connectivity index (χ1) is 13.4. The van der Waals surface area contributed by atoms with Gasteiger partial charge >= 0.3 is 5.97 Å². The molecular formula is C19H20N2O7. The van der Waals surface area contributed by atoms with Gasteiger partial charge in [-0.25, -0.2) is 0 Å². The lowest BCUT2D eigenvalue weighted by Crippen LogP contribution is -2.22. The van der Waals surface area contributed by atoms with Crippen molar-refractivity contribution in [3.8, 4) is 11.5 Å². The number of amides is 1. The van der Waals surface area contributed by atoms with Gasteiger partial charge < -0.3 is 19.5 Å². The molecular weight excluding hydrogens is 368 g/mol. The van der Waals surface area contributed by atoms with E-state index in [1.807, 2.05) is 0 Å². The van der Waals surface area contributed by atoms with E-state index in [9.17, 15) is 19.7 Å². The summed E-state index contributed by atoms with van der Waals surface area (Å²) in [5.74, 6) is -0.0388. The van der Waals surface area contributed by atoms with E-state index in [0.29, 0.717) is 17.1 Å².